The molecule has 0 radical (unpaired) electrons. The van der Waals surface area contributed by atoms with Gasteiger partial charge >= 0.3 is 0 Å². The van der Waals surface area contributed by atoms with Gasteiger partial charge in [0, 0.05) is 26.1 Å². The first-order valence-corrected chi connectivity index (χ1v) is 5.49. The van der Waals surface area contributed by atoms with Crippen molar-refractivity contribution in [2.45, 2.75) is 26.7 Å². The van der Waals surface area contributed by atoms with Gasteiger partial charge < -0.3 is 10.6 Å². The third-order valence-corrected chi connectivity index (χ3v) is 2.82. The standard InChI is InChI=1S/C10H20N2S/c1-8-5-9(2)7-12(6-8)4-3-10(11)13/h8-9H,3-7H2,1-2H3,(H2,11,13). The zero-order valence-electron chi connectivity index (χ0n) is 8.62. The Balaban J connectivity index is 2.28. The SMILES string of the molecule is CC1CC(C)CN(CCC(N)=S)C1. The minimum absolute atomic E-state index is 0.644. The van der Waals surface area contributed by atoms with Crippen molar-refractivity contribution in [3.63, 3.8) is 0 Å². The maximum atomic E-state index is 5.48. The van der Waals surface area contributed by atoms with Gasteiger partial charge in [-0.15, -0.1) is 0 Å². The summed E-state index contributed by atoms with van der Waals surface area (Å²) in [6.07, 6.45) is 2.23. The van der Waals surface area contributed by atoms with Crippen LogP contribution in [0.1, 0.15) is 26.7 Å². The van der Waals surface area contributed by atoms with E-state index >= 15 is 0 Å². The molecule has 0 aromatic heterocycles. The van der Waals surface area contributed by atoms with E-state index in [4.69, 9.17) is 18.0 Å². The maximum Gasteiger partial charge on any atom is 0.0740 e. The van der Waals surface area contributed by atoms with E-state index in [0.29, 0.717) is 4.99 Å². The van der Waals surface area contributed by atoms with E-state index in [1.54, 1.807) is 0 Å². The van der Waals surface area contributed by atoms with E-state index in [1.807, 2.05) is 0 Å². The quantitative estimate of drug-likeness (QED) is 0.702. The van der Waals surface area contributed by atoms with Crippen LogP contribution in [0.15, 0.2) is 0 Å². The lowest BCUT2D eigenvalue weighted by atomic mass is 9.92. The van der Waals surface area contributed by atoms with E-state index in [2.05, 4.69) is 18.7 Å². The van der Waals surface area contributed by atoms with Gasteiger partial charge in [0.1, 0.15) is 0 Å². The molecule has 3 heteroatoms. The largest absolute Gasteiger partial charge is 0.393 e. The molecule has 1 rings (SSSR count). The fourth-order valence-electron chi connectivity index (χ4n) is 2.24. The van der Waals surface area contributed by atoms with E-state index in [0.717, 1.165) is 24.8 Å². The molecule has 76 valence electrons. The molecule has 2 nitrogen and oxygen atoms in total. The number of likely N-dealkylation sites (tertiary alicyclic amines) is 1. The topological polar surface area (TPSA) is 29.3 Å². The molecule has 0 spiro atoms. The van der Waals surface area contributed by atoms with Crippen molar-refractivity contribution in [1.29, 1.82) is 0 Å². The second kappa shape index (κ2) is 4.91. The van der Waals surface area contributed by atoms with Gasteiger partial charge in [-0.05, 0) is 18.3 Å². The number of hydrogen-bond acceptors (Lipinski definition) is 2. The number of hydrogen-bond donors (Lipinski definition) is 1. The summed E-state index contributed by atoms with van der Waals surface area (Å²) in [4.78, 5) is 3.13. The van der Waals surface area contributed by atoms with E-state index < -0.39 is 0 Å². The Bertz CT molecular complexity index is 172. The maximum absolute atomic E-state index is 5.48. The molecule has 1 aliphatic rings. The van der Waals surface area contributed by atoms with Crippen molar-refractivity contribution in [1.82, 2.24) is 4.90 Å². The summed E-state index contributed by atoms with van der Waals surface area (Å²) in [7, 11) is 0. The predicted molar refractivity (Wildman–Crippen MR) is 60.8 cm³/mol. The summed E-state index contributed by atoms with van der Waals surface area (Å²) in [6.45, 7) is 8.12. The lowest BCUT2D eigenvalue weighted by Crippen LogP contribution is -2.40. The number of thiocarbonyl (C=S) groups is 1. The highest BCUT2D eigenvalue weighted by atomic mass is 32.1. The van der Waals surface area contributed by atoms with Gasteiger partial charge in [0.15, 0.2) is 0 Å². The smallest absolute Gasteiger partial charge is 0.0740 e. The molecule has 0 amide bonds. The van der Waals surface area contributed by atoms with Crippen LogP contribution in [-0.4, -0.2) is 29.5 Å². The van der Waals surface area contributed by atoms with Gasteiger partial charge in [-0.25, -0.2) is 0 Å². The molecule has 2 atom stereocenters. The second-order valence-corrected chi connectivity index (χ2v) is 4.95. The fourth-order valence-corrected chi connectivity index (χ4v) is 2.33. The molecule has 0 saturated carbocycles. The van der Waals surface area contributed by atoms with Crippen molar-refractivity contribution in [2.75, 3.05) is 19.6 Å². The normalized spacial score (nSPS) is 30.3. The average molecular weight is 200 g/mol. The zero-order chi connectivity index (χ0) is 9.84. The van der Waals surface area contributed by atoms with E-state index in [-0.39, 0.29) is 0 Å². The summed E-state index contributed by atoms with van der Waals surface area (Å²) in [5, 5.41) is 0. The van der Waals surface area contributed by atoms with Crippen molar-refractivity contribution in [3.8, 4) is 0 Å². The molecule has 1 fully saturated rings. The van der Waals surface area contributed by atoms with Crippen LogP contribution < -0.4 is 5.73 Å². The van der Waals surface area contributed by atoms with Crippen LogP contribution in [0.3, 0.4) is 0 Å². The average Bonchev–Trinajstić information content (AvgIpc) is 1.99. The Morgan fingerprint density at radius 1 is 1.38 bits per heavy atom. The van der Waals surface area contributed by atoms with Crippen LogP contribution in [0.5, 0.6) is 0 Å². The van der Waals surface area contributed by atoms with Crippen LogP contribution in [-0.2, 0) is 0 Å². The van der Waals surface area contributed by atoms with Crippen LogP contribution in [0.25, 0.3) is 0 Å². The lowest BCUT2D eigenvalue weighted by molar-refractivity contribution is 0.144. The Labute approximate surface area is 86.5 Å². The summed E-state index contributed by atoms with van der Waals surface area (Å²) < 4.78 is 0. The Hall–Kier alpha value is -0.150. The highest BCUT2D eigenvalue weighted by Gasteiger charge is 2.21. The minimum Gasteiger partial charge on any atom is -0.393 e. The third-order valence-electron chi connectivity index (χ3n) is 2.62. The monoisotopic (exact) mass is 200 g/mol. The summed E-state index contributed by atoms with van der Waals surface area (Å²) >= 11 is 4.87. The van der Waals surface area contributed by atoms with Gasteiger partial charge in [0.25, 0.3) is 0 Å². The van der Waals surface area contributed by atoms with E-state index in [9.17, 15) is 0 Å². The molecule has 1 aliphatic heterocycles. The minimum atomic E-state index is 0.644. The zero-order valence-corrected chi connectivity index (χ0v) is 9.44. The van der Waals surface area contributed by atoms with Gasteiger partial charge in [0.05, 0.1) is 4.99 Å². The first-order valence-electron chi connectivity index (χ1n) is 5.08. The predicted octanol–water partition coefficient (Wildman–Crippen LogP) is 1.64. The van der Waals surface area contributed by atoms with Crippen LogP contribution in [0.4, 0.5) is 0 Å². The highest BCUT2D eigenvalue weighted by Crippen LogP contribution is 2.20. The van der Waals surface area contributed by atoms with Crippen molar-refractivity contribution >= 4 is 17.2 Å². The highest BCUT2D eigenvalue weighted by molar-refractivity contribution is 7.80. The molecular formula is C10H20N2S. The Morgan fingerprint density at radius 3 is 2.38 bits per heavy atom. The molecule has 1 saturated heterocycles. The molecule has 0 aliphatic carbocycles. The second-order valence-electron chi connectivity index (χ2n) is 4.42. The molecule has 0 aromatic carbocycles. The Morgan fingerprint density at radius 2 is 1.92 bits per heavy atom. The summed E-state index contributed by atoms with van der Waals surface area (Å²) in [6, 6.07) is 0. The van der Waals surface area contributed by atoms with Gasteiger partial charge in [-0.1, -0.05) is 26.1 Å². The van der Waals surface area contributed by atoms with E-state index in [1.165, 1.54) is 19.5 Å². The van der Waals surface area contributed by atoms with Gasteiger partial charge in [-0.2, -0.15) is 0 Å². The van der Waals surface area contributed by atoms with Gasteiger partial charge in [0.2, 0.25) is 0 Å². The molecular weight excluding hydrogens is 180 g/mol. The third kappa shape index (κ3) is 4.05. The number of nitrogens with two attached hydrogens (primary N) is 1. The molecule has 13 heavy (non-hydrogen) atoms. The Kier molecular flexibility index (Phi) is 4.13. The fraction of sp³-hybridized carbons (Fsp3) is 0.900. The summed E-state index contributed by atoms with van der Waals surface area (Å²) in [5.74, 6) is 1.66. The number of rotatable bonds is 3. The molecule has 2 unspecified atom stereocenters. The van der Waals surface area contributed by atoms with Crippen LogP contribution in [0.2, 0.25) is 0 Å². The first kappa shape index (κ1) is 10.9. The van der Waals surface area contributed by atoms with Crippen LogP contribution >= 0.6 is 12.2 Å². The number of nitrogens with zero attached hydrogens (tertiary/aromatic N) is 1. The van der Waals surface area contributed by atoms with Crippen LogP contribution in [0, 0.1) is 11.8 Å². The van der Waals surface area contributed by atoms with Gasteiger partial charge in [-0.3, -0.25) is 0 Å². The van der Waals surface area contributed by atoms with Crippen molar-refractivity contribution in [2.24, 2.45) is 17.6 Å². The lowest BCUT2D eigenvalue weighted by Gasteiger charge is -2.34. The van der Waals surface area contributed by atoms with Crippen molar-refractivity contribution < 1.29 is 0 Å². The first-order chi connectivity index (χ1) is 6.08. The molecule has 0 bridgehead atoms. The molecule has 2 N–H and O–H groups in total. The number of piperidine rings is 1. The molecule has 1 heterocycles. The molecule has 0 aromatic rings. The summed E-state index contributed by atoms with van der Waals surface area (Å²) in [5.41, 5.74) is 5.48. The van der Waals surface area contributed by atoms with Crippen molar-refractivity contribution in [3.05, 3.63) is 0 Å².